The molecule has 0 N–H and O–H groups in total. The van der Waals surface area contributed by atoms with E-state index in [0.29, 0.717) is 11.9 Å². The summed E-state index contributed by atoms with van der Waals surface area (Å²) in [7, 11) is 0. The molecule has 1 amide bonds. The zero-order valence-electron chi connectivity index (χ0n) is 18.6. The maximum absolute atomic E-state index is 13.7. The number of hydrogen-bond acceptors (Lipinski definition) is 3. The zero-order chi connectivity index (χ0) is 20.9. The Morgan fingerprint density at radius 3 is 2.80 bits per heavy atom. The molecular formula is C25H34N4O. The van der Waals surface area contributed by atoms with Gasteiger partial charge in [-0.2, -0.15) is 0 Å². The summed E-state index contributed by atoms with van der Waals surface area (Å²) >= 11 is 0. The number of nitrogens with zero attached hydrogens (tertiary/aromatic N) is 4. The molecule has 2 atom stereocenters. The van der Waals surface area contributed by atoms with Gasteiger partial charge in [0.25, 0.3) is 0 Å². The van der Waals surface area contributed by atoms with Crippen LogP contribution in [0.4, 0.5) is 0 Å². The van der Waals surface area contributed by atoms with E-state index in [2.05, 4.69) is 65.6 Å². The van der Waals surface area contributed by atoms with Crippen molar-refractivity contribution in [2.24, 2.45) is 11.3 Å². The Morgan fingerprint density at radius 1 is 1.27 bits per heavy atom. The summed E-state index contributed by atoms with van der Waals surface area (Å²) in [5.74, 6) is 1.30. The molecule has 5 heteroatoms. The van der Waals surface area contributed by atoms with Crippen LogP contribution in [0.3, 0.4) is 0 Å². The van der Waals surface area contributed by atoms with Crippen molar-refractivity contribution in [1.29, 1.82) is 0 Å². The number of carbonyl (C=O) groups excluding carboxylic acids is 1. The summed E-state index contributed by atoms with van der Waals surface area (Å²) in [6.45, 7) is 11.0. The monoisotopic (exact) mass is 406 g/mol. The first-order valence-electron chi connectivity index (χ1n) is 11.6. The second-order valence-electron chi connectivity index (χ2n) is 10.2. The van der Waals surface area contributed by atoms with Crippen LogP contribution in [0.15, 0.2) is 36.8 Å². The minimum absolute atomic E-state index is 0.180. The average Bonchev–Trinajstić information content (AvgIpc) is 3.13. The maximum Gasteiger partial charge on any atom is 0.230 e. The molecule has 0 bridgehead atoms. The predicted molar refractivity (Wildman–Crippen MR) is 118 cm³/mol. The third-order valence-electron chi connectivity index (χ3n) is 7.39. The van der Waals surface area contributed by atoms with Gasteiger partial charge in [-0.3, -0.25) is 9.69 Å². The summed E-state index contributed by atoms with van der Waals surface area (Å²) in [4.78, 5) is 23.2. The first-order valence-corrected chi connectivity index (χ1v) is 11.6. The van der Waals surface area contributed by atoms with Crippen molar-refractivity contribution < 1.29 is 4.79 Å². The van der Waals surface area contributed by atoms with Crippen molar-refractivity contribution in [2.45, 2.75) is 58.5 Å². The van der Waals surface area contributed by atoms with Crippen LogP contribution in [0.25, 0.3) is 0 Å². The number of likely N-dealkylation sites (tertiary alicyclic amines) is 2. The second-order valence-corrected chi connectivity index (χ2v) is 10.2. The fraction of sp³-hybridized carbons (Fsp3) is 0.600. The van der Waals surface area contributed by atoms with Gasteiger partial charge in [-0.05, 0) is 51.5 Å². The third kappa shape index (κ3) is 3.58. The molecule has 0 radical (unpaired) electrons. The SMILES string of the molecule is Cc1cccc(CN2C[C@@H](c3cn(C(C)C)cn3)[C@@]3(CCN(CC4CC4)C3=O)C2)c1. The molecule has 5 nitrogen and oxygen atoms in total. The van der Waals surface area contributed by atoms with Crippen LogP contribution >= 0.6 is 0 Å². The highest BCUT2D eigenvalue weighted by molar-refractivity contribution is 5.87. The molecule has 3 heterocycles. The van der Waals surface area contributed by atoms with Crippen LogP contribution in [0.2, 0.25) is 0 Å². The number of hydrogen-bond donors (Lipinski definition) is 0. The Bertz CT molecular complexity index is 931. The quantitative estimate of drug-likeness (QED) is 0.728. The minimum Gasteiger partial charge on any atom is -0.342 e. The fourth-order valence-electron chi connectivity index (χ4n) is 5.50. The Kier molecular flexibility index (Phi) is 4.97. The molecule has 2 aliphatic heterocycles. The standard InChI is InChI=1S/C25H34N4O/c1-18(2)29-15-23(26-17-29)22-14-27(12-21-6-4-5-19(3)11-21)16-25(22)9-10-28(24(25)30)13-20-7-8-20/h4-6,11,15,17-18,20,22H,7-10,12-14,16H2,1-3H3/t22-,25+/m0/s1. The molecule has 5 rings (SSSR count). The minimum atomic E-state index is -0.311. The van der Waals surface area contributed by atoms with Crippen molar-refractivity contribution in [3.63, 3.8) is 0 Å². The van der Waals surface area contributed by atoms with E-state index in [0.717, 1.165) is 50.8 Å². The van der Waals surface area contributed by atoms with Crippen molar-refractivity contribution in [2.75, 3.05) is 26.2 Å². The van der Waals surface area contributed by atoms with Gasteiger partial charge < -0.3 is 9.47 Å². The summed E-state index contributed by atoms with van der Waals surface area (Å²) in [6.07, 6.45) is 7.67. The molecule has 1 aromatic carbocycles. The molecule has 2 saturated heterocycles. The number of aromatic nitrogens is 2. The summed E-state index contributed by atoms with van der Waals surface area (Å²) in [5, 5.41) is 0. The lowest BCUT2D eigenvalue weighted by Gasteiger charge is -2.28. The largest absolute Gasteiger partial charge is 0.342 e. The average molecular weight is 407 g/mol. The van der Waals surface area contributed by atoms with E-state index in [1.807, 2.05) is 6.33 Å². The summed E-state index contributed by atoms with van der Waals surface area (Å²) in [5.41, 5.74) is 3.41. The summed E-state index contributed by atoms with van der Waals surface area (Å²) < 4.78 is 2.17. The van der Waals surface area contributed by atoms with Gasteiger partial charge in [0.05, 0.1) is 17.4 Å². The molecule has 1 spiro atoms. The second kappa shape index (κ2) is 7.52. The Hall–Kier alpha value is -2.14. The highest BCUT2D eigenvalue weighted by atomic mass is 16.2. The molecule has 160 valence electrons. The molecule has 1 aromatic heterocycles. The third-order valence-corrected chi connectivity index (χ3v) is 7.39. The van der Waals surface area contributed by atoms with Crippen LogP contribution in [0.1, 0.15) is 61.9 Å². The van der Waals surface area contributed by atoms with Crippen molar-refractivity contribution >= 4 is 5.91 Å². The molecule has 3 aliphatic rings. The van der Waals surface area contributed by atoms with Crippen LogP contribution < -0.4 is 0 Å². The van der Waals surface area contributed by atoms with Crippen LogP contribution in [-0.4, -0.2) is 51.4 Å². The highest BCUT2D eigenvalue weighted by Crippen LogP contribution is 2.50. The Balaban J connectivity index is 1.43. The van der Waals surface area contributed by atoms with E-state index in [9.17, 15) is 4.79 Å². The number of aryl methyl sites for hydroxylation is 1. The molecule has 1 saturated carbocycles. The molecule has 0 unspecified atom stereocenters. The number of rotatable bonds is 6. The molecule has 2 aromatic rings. The zero-order valence-corrected chi connectivity index (χ0v) is 18.6. The normalized spacial score (nSPS) is 27.1. The van der Waals surface area contributed by atoms with Gasteiger partial charge in [-0.1, -0.05) is 29.8 Å². The lowest BCUT2D eigenvalue weighted by Crippen LogP contribution is -2.40. The molecule has 30 heavy (non-hydrogen) atoms. The Labute approximate surface area is 180 Å². The lowest BCUT2D eigenvalue weighted by atomic mass is 9.75. The number of benzene rings is 1. The Morgan fingerprint density at radius 2 is 2.10 bits per heavy atom. The summed E-state index contributed by atoms with van der Waals surface area (Å²) in [6, 6.07) is 9.14. The van der Waals surface area contributed by atoms with E-state index in [1.54, 1.807) is 0 Å². The van der Waals surface area contributed by atoms with Gasteiger partial charge in [-0.15, -0.1) is 0 Å². The first-order chi connectivity index (χ1) is 14.4. The van der Waals surface area contributed by atoms with E-state index in [-0.39, 0.29) is 11.3 Å². The first kappa shape index (κ1) is 19.8. The van der Waals surface area contributed by atoms with Crippen molar-refractivity contribution in [3.8, 4) is 0 Å². The topological polar surface area (TPSA) is 41.4 Å². The molecule has 3 fully saturated rings. The van der Waals surface area contributed by atoms with Crippen molar-refractivity contribution in [1.82, 2.24) is 19.4 Å². The van der Waals surface area contributed by atoms with Gasteiger partial charge >= 0.3 is 0 Å². The number of carbonyl (C=O) groups is 1. The maximum atomic E-state index is 13.7. The molecule has 1 aliphatic carbocycles. The van der Waals surface area contributed by atoms with Gasteiger partial charge in [-0.25, -0.2) is 4.98 Å². The van der Waals surface area contributed by atoms with Gasteiger partial charge in [0.1, 0.15) is 0 Å². The van der Waals surface area contributed by atoms with Gasteiger partial charge in [0.15, 0.2) is 0 Å². The fourth-order valence-corrected chi connectivity index (χ4v) is 5.50. The van der Waals surface area contributed by atoms with Gasteiger partial charge in [0, 0.05) is 50.9 Å². The van der Waals surface area contributed by atoms with Crippen LogP contribution in [-0.2, 0) is 11.3 Å². The highest BCUT2D eigenvalue weighted by Gasteiger charge is 2.58. The van der Waals surface area contributed by atoms with E-state index in [1.165, 1.54) is 24.0 Å². The van der Waals surface area contributed by atoms with E-state index < -0.39 is 0 Å². The van der Waals surface area contributed by atoms with Crippen LogP contribution in [0.5, 0.6) is 0 Å². The van der Waals surface area contributed by atoms with Gasteiger partial charge in [0.2, 0.25) is 5.91 Å². The van der Waals surface area contributed by atoms with Crippen LogP contribution in [0, 0.1) is 18.3 Å². The smallest absolute Gasteiger partial charge is 0.230 e. The van der Waals surface area contributed by atoms with E-state index >= 15 is 0 Å². The predicted octanol–water partition coefficient (Wildman–Crippen LogP) is 4.00. The van der Waals surface area contributed by atoms with Crippen molar-refractivity contribution in [3.05, 3.63) is 53.6 Å². The lowest BCUT2D eigenvalue weighted by molar-refractivity contribution is -0.136. The van der Waals surface area contributed by atoms with E-state index in [4.69, 9.17) is 4.98 Å². The molecular weight excluding hydrogens is 372 g/mol. The number of imidazole rings is 1. The number of amides is 1.